The summed E-state index contributed by atoms with van der Waals surface area (Å²) in [5.74, 6) is 0.220. The second-order valence-corrected chi connectivity index (χ2v) is 10.00. The Bertz CT molecular complexity index is 327. The first-order valence-electron chi connectivity index (χ1n) is 12.6. The van der Waals surface area contributed by atoms with Gasteiger partial charge in [-0.1, -0.05) is 112 Å². The van der Waals surface area contributed by atoms with Gasteiger partial charge >= 0.3 is 5.97 Å². The Balaban J connectivity index is 4.11. The van der Waals surface area contributed by atoms with E-state index in [4.69, 9.17) is 4.74 Å². The molecule has 168 valence electrons. The molecule has 0 unspecified atom stereocenters. The zero-order valence-electron chi connectivity index (χ0n) is 20.1. The van der Waals surface area contributed by atoms with Gasteiger partial charge in [0.15, 0.2) is 0 Å². The van der Waals surface area contributed by atoms with Crippen molar-refractivity contribution < 1.29 is 9.53 Å². The van der Waals surface area contributed by atoms with Crippen molar-refractivity contribution in [3.63, 3.8) is 0 Å². The molecule has 0 aromatic rings. The Morgan fingerprint density at radius 3 is 1.61 bits per heavy atom. The monoisotopic (exact) mass is 396 g/mol. The van der Waals surface area contributed by atoms with E-state index >= 15 is 0 Å². The minimum absolute atomic E-state index is 0.0814. The van der Waals surface area contributed by atoms with Gasteiger partial charge in [-0.15, -0.1) is 0 Å². The maximum atomic E-state index is 12.6. The maximum absolute atomic E-state index is 12.6. The van der Waals surface area contributed by atoms with Crippen molar-refractivity contribution in [1.82, 2.24) is 0 Å². The Morgan fingerprint density at radius 1 is 0.679 bits per heavy atom. The minimum Gasteiger partial charge on any atom is -0.465 e. The third kappa shape index (κ3) is 18.8. The summed E-state index contributed by atoms with van der Waals surface area (Å²) in [6.07, 6.45) is 20.9. The Kier molecular flexibility index (Phi) is 18.1. The molecular formula is C26H52O2. The van der Waals surface area contributed by atoms with Crippen molar-refractivity contribution in [2.75, 3.05) is 6.61 Å². The number of ether oxygens (including phenoxy) is 1. The Morgan fingerprint density at radius 2 is 1.14 bits per heavy atom. The molecule has 0 atom stereocenters. The summed E-state index contributed by atoms with van der Waals surface area (Å²) >= 11 is 0. The summed E-state index contributed by atoms with van der Waals surface area (Å²) in [5, 5.41) is 0. The summed E-state index contributed by atoms with van der Waals surface area (Å²) in [6.45, 7) is 11.9. The Labute approximate surface area is 177 Å². The fourth-order valence-electron chi connectivity index (χ4n) is 3.77. The largest absolute Gasteiger partial charge is 0.465 e. The smallest absolute Gasteiger partial charge is 0.308 e. The van der Waals surface area contributed by atoms with Gasteiger partial charge in [0, 0.05) is 0 Å². The molecule has 0 spiro atoms. The van der Waals surface area contributed by atoms with E-state index in [2.05, 4.69) is 34.6 Å². The number of carbonyl (C=O) groups is 1. The molecule has 0 heterocycles. The molecule has 0 aliphatic heterocycles. The first-order chi connectivity index (χ1) is 13.4. The van der Waals surface area contributed by atoms with Crippen LogP contribution in [0.2, 0.25) is 0 Å². The van der Waals surface area contributed by atoms with E-state index in [1.807, 2.05) is 0 Å². The molecule has 0 fully saturated rings. The minimum atomic E-state index is 0.0814. The molecular weight excluding hydrogens is 344 g/mol. The summed E-state index contributed by atoms with van der Waals surface area (Å²) in [5.41, 5.74) is 0.377. The van der Waals surface area contributed by atoms with Crippen molar-refractivity contribution >= 4 is 5.97 Å². The molecule has 28 heavy (non-hydrogen) atoms. The molecule has 0 amide bonds. The highest BCUT2D eigenvalue weighted by molar-refractivity contribution is 5.72. The van der Waals surface area contributed by atoms with Gasteiger partial charge in [-0.2, -0.15) is 0 Å². The van der Waals surface area contributed by atoms with Crippen LogP contribution in [-0.4, -0.2) is 12.6 Å². The molecule has 0 bridgehead atoms. The van der Waals surface area contributed by atoms with Crippen molar-refractivity contribution in [3.8, 4) is 0 Å². The zero-order valence-corrected chi connectivity index (χ0v) is 20.1. The van der Waals surface area contributed by atoms with Crippen LogP contribution in [0.1, 0.15) is 144 Å². The predicted molar refractivity (Wildman–Crippen MR) is 124 cm³/mol. The van der Waals surface area contributed by atoms with Crippen LogP contribution in [0.4, 0.5) is 0 Å². The average Bonchev–Trinajstić information content (AvgIpc) is 2.64. The molecule has 0 N–H and O–H groups in total. The third-order valence-corrected chi connectivity index (χ3v) is 5.71. The van der Waals surface area contributed by atoms with Crippen LogP contribution in [0.3, 0.4) is 0 Å². The van der Waals surface area contributed by atoms with Crippen LogP contribution < -0.4 is 0 Å². The molecule has 0 saturated carbocycles. The topological polar surface area (TPSA) is 26.3 Å². The van der Waals surface area contributed by atoms with Crippen LogP contribution in [-0.2, 0) is 9.53 Å². The highest BCUT2D eigenvalue weighted by Crippen LogP contribution is 2.23. The highest BCUT2D eigenvalue weighted by Gasteiger charge is 2.19. The molecule has 0 aromatic carbocycles. The molecule has 0 aromatic heterocycles. The van der Waals surface area contributed by atoms with Crippen LogP contribution >= 0.6 is 0 Å². The van der Waals surface area contributed by atoms with Gasteiger partial charge in [-0.3, -0.25) is 4.79 Å². The number of hydrogen-bond acceptors (Lipinski definition) is 2. The van der Waals surface area contributed by atoms with E-state index in [1.165, 1.54) is 83.5 Å². The van der Waals surface area contributed by atoms with Gasteiger partial charge in [-0.05, 0) is 37.5 Å². The van der Waals surface area contributed by atoms with Crippen molar-refractivity contribution in [2.45, 2.75) is 144 Å². The first-order valence-corrected chi connectivity index (χ1v) is 12.6. The van der Waals surface area contributed by atoms with Gasteiger partial charge in [0.2, 0.25) is 0 Å². The lowest BCUT2D eigenvalue weighted by Gasteiger charge is -2.18. The molecule has 0 rings (SSSR count). The second kappa shape index (κ2) is 18.5. The van der Waals surface area contributed by atoms with Crippen LogP contribution in [0.5, 0.6) is 0 Å². The van der Waals surface area contributed by atoms with Crippen molar-refractivity contribution in [2.24, 2.45) is 11.3 Å². The van der Waals surface area contributed by atoms with Crippen molar-refractivity contribution in [1.29, 1.82) is 0 Å². The quantitative estimate of drug-likeness (QED) is 0.161. The molecule has 0 radical (unpaired) electrons. The molecule has 0 aliphatic rings. The second-order valence-electron chi connectivity index (χ2n) is 10.00. The first kappa shape index (κ1) is 27.5. The van der Waals surface area contributed by atoms with Crippen LogP contribution in [0.25, 0.3) is 0 Å². The van der Waals surface area contributed by atoms with Gasteiger partial charge < -0.3 is 4.74 Å². The fraction of sp³-hybridized carbons (Fsp3) is 0.962. The average molecular weight is 397 g/mol. The number of esters is 1. The van der Waals surface area contributed by atoms with Gasteiger partial charge in [0.05, 0.1) is 12.5 Å². The standard InChI is InChI=1S/C26H52O2/c1-6-8-10-12-14-16-20-24(21-17-15-13-11-9-7-2)25(27)28-23-19-18-22-26(3,4)5/h24H,6-23H2,1-5H3. The van der Waals surface area contributed by atoms with Gasteiger partial charge in [0.25, 0.3) is 0 Å². The lowest BCUT2D eigenvalue weighted by Crippen LogP contribution is -2.19. The number of hydrogen-bond donors (Lipinski definition) is 0. The lowest BCUT2D eigenvalue weighted by atomic mass is 9.90. The zero-order chi connectivity index (χ0) is 21.1. The number of carbonyl (C=O) groups excluding carboxylic acids is 1. The van der Waals surface area contributed by atoms with E-state index in [0.29, 0.717) is 12.0 Å². The van der Waals surface area contributed by atoms with Crippen molar-refractivity contribution in [3.05, 3.63) is 0 Å². The Hall–Kier alpha value is -0.530. The number of rotatable bonds is 19. The SMILES string of the molecule is CCCCCCCCC(CCCCCCCC)C(=O)OCCCCC(C)(C)C. The fourth-order valence-corrected chi connectivity index (χ4v) is 3.77. The normalized spacial score (nSPS) is 11.9. The maximum Gasteiger partial charge on any atom is 0.308 e. The summed E-state index contributed by atoms with van der Waals surface area (Å²) in [4.78, 5) is 12.6. The summed E-state index contributed by atoms with van der Waals surface area (Å²) in [7, 11) is 0. The molecule has 2 nitrogen and oxygen atoms in total. The molecule has 0 aliphatic carbocycles. The van der Waals surface area contributed by atoms with Crippen LogP contribution in [0, 0.1) is 11.3 Å². The predicted octanol–water partition coefficient (Wildman–Crippen LogP) is 8.86. The van der Waals surface area contributed by atoms with Gasteiger partial charge in [-0.25, -0.2) is 0 Å². The number of unbranched alkanes of at least 4 members (excludes halogenated alkanes) is 11. The summed E-state index contributed by atoms with van der Waals surface area (Å²) < 4.78 is 5.67. The van der Waals surface area contributed by atoms with E-state index in [0.717, 1.165) is 25.7 Å². The third-order valence-electron chi connectivity index (χ3n) is 5.71. The van der Waals surface area contributed by atoms with Crippen LogP contribution in [0.15, 0.2) is 0 Å². The van der Waals surface area contributed by atoms with E-state index in [9.17, 15) is 4.79 Å². The summed E-state index contributed by atoms with van der Waals surface area (Å²) in [6, 6.07) is 0. The van der Waals surface area contributed by atoms with E-state index in [1.54, 1.807) is 0 Å². The van der Waals surface area contributed by atoms with E-state index in [-0.39, 0.29) is 11.9 Å². The molecule has 2 heteroatoms. The molecule has 0 saturated heterocycles. The van der Waals surface area contributed by atoms with Gasteiger partial charge in [0.1, 0.15) is 0 Å². The highest BCUT2D eigenvalue weighted by atomic mass is 16.5. The van der Waals surface area contributed by atoms with E-state index < -0.39 is 0 Å². The lowest BCUT2D eigenvalue weighted by molar-refractivity contribution is -0.149.